The Bertz CT molecular complexity index is 334. The third-order valence-corrected chi connectivity index (χ3v) is 19.3. The van der Waals surface area contributed by atoms with Gasteiger partial charge in [0.25, 0.3) is 0 Å². The molecule has 0 aliphatic carbocycles. The lowest BCUT2D eigenvalue weighted by Crippen LogP contribution is -2.76. The summed E-state index contributed by atoms with van der Waals surface area (Å²) in [5.41, 5.74) is -0.229. The fourth-order valence-electron chi connectivity index (χ4n) is 2.97. The number of ether oxygens (including phenoxy) is 3. The van der Waals surface area contributed by atoms with Gasteiger partial charge in [-0.1, -0.05) is 0 Å². The van der Waals surface area contributed by atoms with Crippen LogP contribution in [0.4, 0.5) is 0 Å². The molecule has 1 heterocycles. The molecule has 1 aliphatic heterocycles. The van der Waals surface area contributed by atoms with Gasteiger partial charge in [-0.2, -0.15) is 0 Å². The van der Waals surface area contributed by atoms with Crippen LogP contribution in [0.5, 0.6) is 0 Å². The van der Waals surface area contributed by atoms with E-state index in [9.17, 15) is 0 Å². The highest BCUT2D eigenvalue weighted by Gasteiger charge is 2.63. The molecule has 24 heavy (non-hydrogen) atoms. The first-order valence-corrected chi connectivity index (χ1v) is 16.2. The van der Waals surface area contributed by atoms with Crippen LogP contribution in [0.1, 0.15) is 41.5 Å². The van der Waals surface area contributed by atoms with Crippen molar-refractivity contribution in [1.29, 1.82) is 0 Å². The maximum atomic E-state index is 6.58. The molecule has 1 aliphatic rings. The second-order valence-electron chi connectivity index (χ2n) is 6.65. The Labute approximate surface area is 150 Å². The molecule has 3 unspecified atom stereocenters. The van der Waals surface area contributed by atoms with Gasteiger partial charge < -0.3 is 26.6 Å². The molecule has 1 rings (SSSR count). The molecule has 3 atom stereocenters. The molecule has 0 aromatic rings. The van der Waals surface area contributed by atoms with Gasteiger partial charge in [0, 0.05) is 19.8 Å². The molecular formula is C15H36O6Si3. The van der Waals surface area contributed by atoms with Crippen LogP contribution in [-0.4, -0.2) is 62.7 Å². The third kappa shape index (κ3) is 4.98. The van der Waals surface area contributed by atoms with E-state index in [0.29, 0.717) is 19.8 Å². The lowest BCUT2D eigenvalue weighted by molar-refractivity contribution is 0.0389. The molecule has 0 amide bonds. The minimum Gasteiger partial charge on any atom is -0.413 e. The summed E-state index contributed by atoms with van der Waals surface area (Å²) < 4.78 is 37.3. The van der Waals surface area contributed by atoms with Crippen molar-refractivity contribution in [3.05, 3.63) is 0 Å². The highest BCUT2D eigenvalue weighted by atomic mass is 28.5. The molecule has 0 spiro atoms. The van der Waals surface area contributed by atoms with Crippen LogP contribution in [-0.2, 0) is 26.6 Å². The predicted molar refractivity (Wildman–Crippen MR) is 101 cm³/mol. The van der Waals surface area contributed by atoms with Crippen molar-refractivity contribution in [2.45, 2.75) is 78.4 Å². The normalized spacial score (nSPS) is 37.9. The summed E-state index contributed by atoms with van der Waals surface area (Å²) in [4.78, 5) is 0. The third-order valence-electron chi connectivity index (χ3n) is 4.68. The molecule has 0 aromatic carbocycles. The van der Waals surface area contributed by atoms with Gasteiger partial charge in [-0.15, -0.1) is 0 Å². The fourth-order valence-corrected chi connectivity index (χ4v) is 19.6. The summed E-state index contributed by atoms with van der Waals surface area (Å²) in [5, 5.41) is 0. The first-order chi connectivity index (χ1) is 11.1. The van der Waals surface area contributed by atoms with Gasteiger partial charge in [0.05, 0.1) is 17.2 Å². The Kier molecular flexibility index (Phi) is 8.30. The van der Waals surface area contributed by atoms with E-state index in [0.717, 1.165) is 0 Å². The minimum atomic E-state index is -2.60. The average molecular weight is 397 g/mol. The van der Waals surface area contributed by atoms with Gasteiger partial charge >= 0.3 is 25.7 Å². The summed E-state index contributed by atoms with van der Waals surface area (Å²) in [5.74, 6) is 0. The van der Waals surface area contributed by atoms with E-state index in [1.165, 1.54) is 0 Å². The first kappa shape index (κ1) is 22.5. The van der Waals surface area contributed by atoms with Crippen LogP contribution in [0.3, 0.4) is 0 Å². The average Bonchev–Trinajstić information content (AvgIpc) is 2.46. The van der Waals surface area contributed by atoms with E-state index in [4.69, 9.17) is 26.6 Å². The maximum Gasteiger partial charge on any atom is 0.347 e. The predicted octanol–water partition coefficient (Wildman–Crippen LogP) is 3.16. The molecule has 9 heteroatoms. The van der Waals surface area contributed by atoms with Gasteiger partial charge in [0.2, 0.25) is 0 Å². The standard InChI is InChI=1S/C15H36O6Si3/c1-10-16-13(4)22(7)19-23(8,14(5)17-11-2)21-24(9,20-22)15(6)18-12-3/h13-15H,10-12H2,1-9H3. The zero-order valence-electron chi connectivity index (χ0n) is 16.8. The SMILES string of the molecule is CCOC(C)[Si]1(C)O[Si](C)(C(C)OCC)O[Si](C)(C(C)OCC)O1. The molecular weight excluding hydrogens is 360 g/mol. The van der Waals surface area contributed by atoms with Gasteiger partial charge in [0.15, 0.2) is 0 Å². The maximum absolute atomic E-state index is 6.58. The fraction of sp³-hybridized carbons (Fsp3) is 1.00. The van der Waals surface area contributed by atoms with Crippen LogP contribution in [0.15, 0.2) is 0 Å². The lowest BCUT2D eigenvalue weighted by Gasteiger charge is -2.54. The molecule has 1 saturated heterocycles. The summed E-state index contributed by atoms with van der Waals surface area (Å²) in [7, 11) is -7.80. The van der Waals surface area contributed by atoms with E-state index in [1.807, 2.05) is 41.5 Å². The summed E-state index contributed by atoms with van der Waals surface area (Å²) >= 11 is 0. The molecule has 0 bridgehead atoms. The minimum absolute atomic E-state index is 0.0762. The number of hydrogen-bond acceptors (Lipinski definition) is 6. The Morgan fingerprint density at radius 3 is 0.958 bits per heavy atom. The summed E-state index contributed by atoms with van der Waals surface area (Å²) in [6.07, 6.45) is 0. The second-order valence-corrected chi connectivity index (χ2v) is 17.6. The molecule has 0 aromatic heterocycles. The van der Waals surface area contributed by atoms with Crippen molar-refractivity contribution in [3.63, 3.8) is 0 Å². The molecule has 144 valence electrons. The van der Waals surface area contributed by atoms with Gasteiger partial charge in [-0.05, 0) is 61.2 Å². The van der Waals surface area contributed by atoms with Crippen molar-refractivity contribution in [3.8, 4) is 0 Å². The highest BCUT2D eigenvalue weighted by molar-refractivity contribution is 6.94. The Hall–Kier alpha value is 0.411. The van der Waals surface area contributed by atoms with E-state index in [1.54, 1.807) is 0 Å². The molecule has 0 radical (unpaired) electrons. The van der Waals surface area contributed by atoms with E-state index in [2.05, 4.69) is 19.6 Å². The Balaban J connectivity index is 3.19. The Morgan fingerprint density at radius 1 is 0.583 bits per heavy atom. The molecule has 0 saturated carbocycles. The van der Waals surface area contributed by atoms with E-state index >= 15 is 0 Å². The van der Waals surface area contributed by atoms with Crippen LogP contribution in [0.25, 0.3) is 0 Å². The van der Waals surface area contributed by atoms with Gasteiger partial charge in [0.1, 0.15) is 0 Å². The van der Waals surface area contributed by atoms with Crippen molar-refractivity contribution < 1.29 is 26.6 Å². The van der Waals surface area contributed by atoms with Gasteiger partial charge in [-0.25, -0.2) is 0 Å². The number of rotatable bonds is 9. The van der Waals surface area contributed by atoms with Crippen LogP contribution < -0.4 is 0 Å². The first-order valence-electron chi connectivity index (χ1n) is 9.02. The molecule has 1 fully saturated rings. The molecule has 6 nitrogen and oxygen atoms in total. The number of hydrogen-bond donors (Lipinski definition) is 0. The van der Waals surface area contributed by atoms with Crippen molar-refractivity contribution in [2.75, 3.05) is 19.8 Å². The highest BCUT2D eigenvalue weighted by Crippen LogP contribution is 2.37. The van der Waals surface area contributed by atoms with E-state index in [-0.39, 0.29) is 17.2 Å². The van der Waals surface area contributed by atoms with Crippen molar-refractivity contribution in [2.24, 2.45) is 0 Å². The topological polar surface area (TPSA) is 55.4 Å². The Morgan fingerprint density at radius 2 is 0.792 bits per heavy atom. The van der Waals surface area contributed by atoms with Crippen LogP contribution >= 0.6 is 0 Å². The van der Waals surface area contributed by atoms with Gasteiger partial charge in [-0.3, -0.25) is 0 Å². The van der Waals surface area contributed by atoms with Crippen LogP contribution in [0.2, 0.25) is 19.6 Å². The summed E-state index contributed by atoms with van der Waals surface area (Å²) in [6.45, 7) is 20.3. The van der Waals surface area contributed by atoms with Crippen molar-refractivity contribution in [1.82, 2.24) is 0 Å². The lowest BCUT2D eigenvalue weighted by atomic mass is 10.8. The van der Waals surface area contributed by atoms with E-state index < -0.39 is 25.7 Å². The van der Waals surface area contributed by atoms with Crippen molar-refractivity contribution >= 4 is 25.7 Å². The largest absolute Gasteiger partial charge is 0.413 e. The summed E-state index contributed by atoms with van der Waals surface area (Å²) in [6, 6.07) is 0. The molecule has 0 N–H and O–H groups in total. The van der Waals surface area contributed by atoms with Crippen LogP contribution in [0, 0.1) is 0 Å². The monoisotopic (exact) mass is 396 g/mol. The zero-order chi connectivity index (χ0) is 18.6. The smallest absolute Gasteiger partial charge is 0.347 e. The zero-order valence-corrected chi connectivity index (χ0v) is 19.8. The quantitative estimate of drug-likeness (QED) is 0.558. The second kappa shape index (κ2) is 8.87.